The summed E-state index contributed by atoms with van der Waals surface area (Å²) in [6.45, 7) is 10.9. The summed E-state index contributed by atoms with van der Waals surface area (Å²) in [4.78, 5) is 13.3. The Bertz CT molecular complexity index is 909. The number of furan rings is 1. The van der Waals surface area contributed by atoms with Crippen LogP contribution in [0.5, 0.6) is 0 Å². The van der Waals surface area contributed by atoms with E-state index < -0.39 is 11.5 Å². The molecule has 1 N–H and O–H groups in total. The second kappa shape index (κ2) is 6.18. The molecule has 4 aliphatic rings. The molecule has 2 heterocycles. The van der Waals surface area contributed by atoms with Crippen LogP contribution in [0.4, 0.5) is 0 Å². The molecule has 0 spiro atoms. The fraction of sp³-hybridized carbons (Fsp3) is 0.640. The Balaban J connectivity index is 1.68. The van der Waals surface area contributed by atoms with Crippen molar-refractivity contribution in [2.45, 2.75) is 78.1 Å². The van der Waals surface area contributed by atoms with Gasteiger partial charge in [-0.25, -0.2) is 0 Å². The highest BCUT2D eigenvalue weighted by Crippen LogP contribution is 2.68. The molecule has 3 aliphatic carbocycles. The maximum Gasteiger partial charge on any atom is 0.143 e. The highest BCUT2D eigenvalue weighted by molar-refractivity contribution is 5.89. The molecule has 1 aromatic rings. The highest BCUT2D eigenvalue weighted by Gasteiger charge is 2.70. The normalized spacial score (nSPS) is 46.4. The van der Waals surface area contributed by atoms with Crippen molar-refractivity contribution in [3.05, 3.63) is 47.0 Å². The summed E-state index contributed by atoms with van der Waals surface area (Å²) in [6.07, 6.45) is 6.93. The Labute approximate surface area is 173 Å². The number of aliphatic hydroxyl groups is 1. The van der Waals surface area contributed by atoms with Crippen LogP contribution in [0.25, 0.3) is 0 Å². The van der Waals surface area contributed by atoms with E-state index in [2.05, 4.69) is 34.6 Å². The van der Waals surface area contributed by atoms with Gasteiger partial charge < -0.3 is 14.3 Å². The smallest absolute Gasteiger partial charge is 0.143 e. The van der Waals surface area contributed by atoms with Crippen LogP contribution in [0.1, 0.15) is 65.4 Å². The predicted octanol–water partition coefficient (Wildman–Crippen LogP) is 4.80. The van der Waals surface area contributed by atoms with Gasteiger partial charge in [0.15, 0.2) is 0 Å². The van der Waals surface area contributed by atoms with Gasteiger partial charge in [-0.15, -0.1) is 0 Å². The van der Waals surface area contributed by atoms with Gasteiger partial charge >= 0.3 is 0 Å². The summed E-state index contributed by atoms with van der Waals surface area (Å²) in [5.41, 5.74) is 4.11. The Morgan fingerprint density at radius 1 is 1.24 bits per heavy atom. The number of carbonyl (C=O) groups excluding carboxylic acids is 1. The maximum absolute atomic E-state index is 13.3. The summed E-state index contributed by atoms with van der Waals surface area (Å²) >= 11 is 0. The number of hydrogen-bond donors (Lipinski definition) is 1. The molecule has 29 heavy (non-hydrogen) atoms. The lowest BCUT2D eigenvalue weighted by Crippen LogP contribution is -2.64. The number of allylic oxidation sites excluding steroid dienone is 2. The molecule has 8 unspecified atom stereocenters. The van der Waals surface area contributed by atoms with Gasteiger partial charge in [0.05, 0.1) is 30.8 Å². The molecule has 4 heteroatoms. The van der Waals surface area contributed by atoms with Gasteiger partial charge in [-0.05, 0) is 43.4 Å². The van der Waals surface area contributed by atoms with Crippen molar-refractivity contribution in [3.63, 3.8) is 0 Å². The zero-order chi connectivity index (χ0) is 20.7. The summed E-state index contributed by atoms with van der Waals surface area (Å²) < 4.78 is 12.0. The Hall–Kier alpha value is -1.65. The number of ether oxygens (including phenoxy) is 1. The van der Waals surface area contributed by atoms with Crippen molar-refractivity contribution in [1.82, 2.24) is 0 Å². The Morgan fingerprint density at radius 2 is 2.00 bits per heavy atom. The quantitative estimate of drug-likeness (QED) is 0.730. The maximum atomic E-state index is 13.3. The van der Waals surface area contributed by atoms with Gasteiger partial charge in [-0.1, -0.05) is 44.4 Å². The average molecular weight is 397 g/mol. The Kier molecular flexibility index (Phi) is 4.12. The van der Waals surface area contributed by atoms with E-state index in [-0.39, 0.29) is 41.2 Å². The van der Waals surface area contributed by atoms with Crippen LogP contribution in [0.15, 0.2) is 45.8 Å². The van der Waals surface area contributed by atoms with Gasteiger partial charge in [0.2, 0.25) is 0 Å². The van der Waals surface area contributed by atoms with Crippen molar-refractivity contribution < 1.29 is 19.1 Å². The molecule has 0 radical (unpaired) electrons. The molecular formula is C25H32O4. The molecule has 1 aromatic heterocycles. The van der Waals surface area contributed by atoms with Crippen molar-refractivity contribution in [2.24, 2.45) is 22.7 Å². The van der Waals surface area contributed by atoms with Gasteiger partial charge in [0.25, 0.3) is 0 Å². The van der Waals surface area contributed by atoms with Crippen molar-refractivity contribution in [3.8, 4) is 0 Å². The van der Waals surface area contributed by atoms with E-state index in [0.717, 1.165) is 18.4 Å². The fourth-order valence-corrected chi connectivity index (χ4v) is 7.93. The third-order valence-corrected chi connectivity index (χ3v) is 9.00. The molecule has 1 saturated heterocycles. The standard InChI is InChI=1S/C25H32O4/c1-6-18-24(4)19(26)8-7-13(2)20(24)22(27)23-25(18,5)21-14(3)16(11-17(21)29-23)15-9-10-28-12-15/h7,9-10,12,16-18,20,22-23,27H,6,8,11H2,1-5H3. The number of rotatable bonds is 2. The lowest BCUT2D eigenvalue weighted by Gasteiger charge is -2.59. The molecular weight excluding hydrogens is 364 g/mol. The number of fused-ring (bicyclic) bond motifs is 4. The molecule has 2 fully saturated rings. The number of hydrogen-bond acceptors (Lipinski definition) is 4. The number of aliphatic hydroxyl groups excluding tert-OH is 1. The molecule has 0 bridgehead atoms. The second-order valence-corrected chi connectivity index (χ2v) is 10.1. The van der Waals surface area contributed by atoms with Crippen LogP contribution in [-0.2, 0) is 9.53 Å². The molecule has 0 aromatic carbocycles. The molecule has 156 valence electrons. The summed E-state index contributed by atoms with van der Waals surface area (Å²) in [5.74, 6) is 0.541. The van der Waals surface area contributed by atoms with E-state index in [0.29, 0.717) is 6.42 Å². The first kappa shape index (κ1) is 19.3. The van der Waals surface area contributed by atoms with E-state index in [1.807, 2.05) is 18.4 Å². The van der Waals surface area contributed by atoms with E-state index in [1.165, 1.54) is 16.7 Å². The minimum atomic E-state index is -0.661. The molecule has 4 nitrogen and oxygen atoms in total. The lowest BCUT2D eigenvalue weighted by molar-refractivity contribution is -0.185. The van der Waals surface area contributed by atoms with E-state index >= 15 is 0 Å². The Morgan fingerprint density at radius 3 is 2.66 bits per heavy atom. The summed E-state index contributed by atoms with van der Waals surface area (Å²) in [7, 11) is 0. The number of carbonyl (C=O) groups is 1. The van der Waals surface area contributed by atoms with Crippen LogP contribution in [0.3, 0.4) is 0 Å². The monoisotopic (exact) mass is 396 g/mol. The predicted molar refractivity (Wildman–Crippen MR) is 110 cm³/mol. The molecule has 1 saturated carbocycles. The van der Waals surface area contributed by atoms with Gasteiger partial charge in [-0.3, -0.25) is 4.79 Å². The molecule has 1 aliphatic heterocycles. The van der Waals surface area contributed by atoms with E-state index in [1.54, 1.807) is 6.26 Å². The van der Waals surface area contributed by atoms with Gasteiger partial charge in [-0.2, -0.15) is 0 Å². The second-order valence-electron chi connectivity index (χ2n) is 10.1. The third kappa shape index (κ3) is 2.20. The van der Waals surface area contributed by atoms with Crippen molar-refractivity contribution >= 4 is 5.78 Å². The van der Waals surface area contributed by atoms with E-state index in [4.69, 9.17) is 9.15 Å². The zero-order valence-electron chi connectivity index (χ0n) is 18.1. The molecule has 8 atom stereocenters. The topological polar surface area (TPSA) is 59.7 Å². The minimum Gasteiger partial charge on any atom is -0.472 e. The SMILES string of the molecule is CCC1C2(C)C3=C(C)C(c4ccoc4)CC3OC2C(O)C2C(C)=CCC(=O)C21C. The first-order chi connectivity index (χ1) is 13.8. The number of Topliss-reactive ketones (excluding diaryl/α,β-unsaturated/α-hetero) is 1. The number of ketones is 1. The van der Waals surface area contributed by atoms with Crippen LogP contribution >= 0.6 is 0 Å². The van der Waals surface area contributed by atoms with Crippen molar-refractivity contribution in [1.29, 1.82) is 0 Å². The first-order valence-corrected chi connectivity index (χ1v) is 11.0. The van der Waals surface area contributed by atoms with Gasteiger partial charge in [0.1, 0.15) is 5.78 Å². The lowest BCUT2D eigenvalue weighted by atomic mass is 9.44. The van der Waals surface area contributed by atoms with Gasteiger partial charge in [0, 0.05) is 29.1 Å². The fourth-order valence-electron chi connectivity index (χ4n) is 7.93. The highest BCUT2D eigenvalue weighted by atomic mass is 16.5. The molecule has 0 amide bonds. The van der Waals surface area contributed by atoms with Crippen LogP contribution in [-0.4, -0.2) is 29.2 Å². The summed E-state index contributed by atoms with van der Waals surface area (Å²) in [5, 5.41) is 11.5. The largest absolute Gasteiger partial charge is 0.472 e. The average Bonchev–Trinajstić information content (AvgIpc) is 3.36. The third-order valence-electron chi connectivity index (χ3n) is 9.00. The first-order valence-electron chi connectivity index (χ1n) is 11.0. The summed E-state index contributed by atoms with van der Waals surface area (Å²) in [6, 6.07) is 2.04. The van der Waals surface area contributed by atoms with Crippen LogP contribution in [0, 0.1) is 22.7 Å². The van der Waals surface area contributed by atoms with Crippen LogP contribution in [0.2, 0.25) is 0 Å². The van der Waals surface area contributed by atoms with Crippen LogP contribution < -0.4 is 0 Å². The zero-order valence-corrected chi connectivity index (χ0v) is 18.1. The van der Waals surface area contributed by atoms with E-state index in [9.17, 15) is 9.90 Å². The van der Waals surface area contributed by atoms with Crippen molar-refractivity contribution in [2.75, 3.05) is 0 Å². The minimum absolute atomic E-state index is 0.0109. The molecule has 5 rings (SSSR count).